The first-order valence-electron chi connectivity index (χ1n) is 11.3. The van der Waals surface area contributed by atoms with Gasteiger partial charge in [-0.25, -0.2) is 14.8 Å². The van der Waals surface area contributed by atoms with Gasteiger partial charge in [0.2, 0.25) is 0 Å². The number of non-ortho nitro benzene ring substituents is 1. The smallest absolute Gasteiger partial charge is 0.344 e. The Hall–Kier alpha value is -5.32. The summed E-state index contributed by atoms with van der Waals surface area (Å²) in [7, 11) is 0. The average molecular weight is 496 g/mol. The van der Waals surface area contributed by atoms with Crippen LogP contribution in [0.5, 0.6) is 0 Å². The third-order valence-corrected chi connectivity index (χ3v) is 5.70. The number of nitro groups is 1. The normalized spacial score (nSPS) is 10.9. The maximum absolute atomic E-state index is 12.8. The molecule has 3 aromatic carbocycles. The summed E-state index contributed by atoms with van der Waals surface area (Å²) >= 11 is 0. The van der Waals surface area contributed by atoms with Crippen LogP contribution < -0.4 is 11.1 Å². The number of hydrogen-bond donors (Lipinski definition) is 2. The zero-order chi connectivity index (χ0) is 26.1. The number of esters is 1. The summed E-state index contributed by atoms with van der Waals surface area (Å²) in [5.74, 6) is -0.887. The van der Waals surface area contributed by atoms with E-state index in [-0.39, 0.29) is 29.2 Å². The van der Waals surface area contributed by atoms with Gasteiger partial charge in [-0.05, 0) is 55.5 Å². The average Bonchev–Trinajstić information content (AvgIpc) is 3.18. The fraction of sp³-hybridized carbons (Fsp3) is 0.0769. The highest BCUT2D eigenvalue weighted by Gasteiger charge is 2.25. The van der Waals surface area contributed by atoms with E-state index < -0.39 is 16.8 Å². The third-order valence-electron chi connectivity index (χ3n) is 5.70. The van der Waals surface area contributed by atoms with Gasteiger partial charge >= 0.3 is 5.97 Å². The fourth-order valence-electron chi connectivity index (χ4n) is 3.96. The van der Waals surface area contributed by atoms with Crippen LogP contribution in [0.2, 0.25) is 0 Å². The molecule has 5 aromatic rings. The van der Waals surface area contributed by atoms with Crippen molar-refractivity contribution in [1.29, 1.82) is 0 Å². The van der Waals surface area contributed by atoms with Crippen LogP contribution in [-0.2, 0) is 4.74 Å². The number of nitro benzene ring substituents is 1. The van der Waals surface area contributed by atoms with Gasteiger partial charge in [-0.15, -0.1) is 0 Å². The molecule has 11 nitrogen and oxygen atoms in total. The largest absolute Gasteiger partial charge is 0.462 e. The number of para-hydroxylation sites is 2. The first-order chi connectivity index (χ1) is 17.9. The number of ether oxygens (including phenoxy) is 1. The molecule has 0 aliphatic heterocycles. The molecule has 0 aliphatic rings. The van der Waals surface area contributed by atoms with Crippen molar-refractivity contribution in [3.63, 3.8) is 0 Å². The molecule has 0 saturated heterocycles. The summed E-state index contributed by atoms with van der Waals surface area (Å²) in [6.07, 6.45) is 0. The van der Waals surface area contributed by atoms with Crippen LogP contribution in [0, 0.1) is 10.1 Å². The molecule has 0 unspecified atom stereocenters. The van der Waals surface area contributed by atoms with E-state index in [4.69, 9.17) is 15.5 Å². The second-order valence-electron chi connectivity index (χ2n) is 8.01. The fourth-order valence-corrected chi connectivity index (χ4v) is 3.96. The highest BCUT2D eigenvalue weighted by molar-refractivity contribution is 6.09. The second kappa shape index (κ2) is 9.38. The number of nitrogen functional groups attached to an aromatic ring is 1. The van der Waals surface area contributed by atoms with Gasteiger partial charge in [0.25, 0.3) is 11.6 Å². The minimum atomic E-state index is -0.597. The number of nitrogens with two attached hydrogens (primary N) is 1. The van der Waals surface area contributed by atoms with Gasteiger partial charge in [-0.2, -0.15) is 0 Å². The van der Waals surface area contributed by atoms with E-state index in [2.05, 4.69) is 10.3 Å². The number of hydrogen-bond acceptors (Lipinski definition) is 8. The molecule has 11 heteroatoms. The van der Waals surface area contributed by atoms with E-state index in [1.165, 1.54) is 24.3 Å². The molecule has 184 valence electrons. The topological polar surface area (TPSA) is 155 Å². The molecule has 1 amide bonds. The van der Waals surface area contributed by atoms with Gasteiger partial charge in [0.1, 0.15) is 16.9 Å². The Morgan fingerprint density at radius 1 is 1.00 bits per heavy atom. The number of carbonyl (C=O) groups is 2. The van der Waals surface area contributed by atoms with Crippen molar-refractivity contribution in [3.8, 4) is 5.69 Å². The van der Waals surface area contributed by atoms with Gasteiger partial charge in [0, 0.05) is 29.1 Å². The molecule has 5 rings (SSSR count). The molecule has 0 bridgehead atoms. The molecule has 3 N–H and O–H groups in total. The van der Waals surface area contributed by atoms with Crippen molar-refractivity contribution in [2.75, 3.05) is 17.7 Å². The Balaban J connectivity index is 1.51. The zero-order valence-electron chi connectivity index (χ0n) is 19.5. The van der Waals surface area contributed by atoms with Crippen molar-refractivity contribution >= 4 is 51.3 Å². The van der Waals surface area contributed by atoms with Gasteiger partial charge in [-0.1, -0.05) is 12.1 Å². The Labute approximate surface area is 209 Å². The summed E-state index contributed by atoms with van der Waals surface area (Å²) in [4.78, 5) is 45.0. The molecule has 0 saturated carbocycles. The van der Waals surface area contributed by atoms with Crippen molar-refractivity contribution < 1.29 is 19.2 Å². The van der Waals surface area contributed by atoms with E-state index in [0.29, 0.717) is 33.6 Å². The Morgan fingerprint density at radius 2 is 1.65 bits per heavy atom. The number of anilines is 2. The van der Waals surface area contributed by atoms with Gasteiger partial charge in [0.05, 0.1) is 22.6 Å². The van der Waals surface area contributed by atoms with E-state index in [1.54, 1.807) is 41.8 Å². The number of fused-ring (bicyclic) bond motifs is 2. The maximum atomic E-state index is 12.8. The Kier molecular flexibility index (Phi) is 5.94. The molecule has 2 aromatic heterocycles. The lowest BCUT2D eigenvalue weighted by Crippen LogP contribution is -2.12. The lowest BCUT2D eigenvalue weighted by atomic mass is 10.2. The Morgan fingerprint density at radius 3 is 2.27 bits per heavy atom. The van der Waals surface area contributed by atoms with Crippen molar-refractivity contribution in [1.82, 2.24) is 14.5 Å². The number of aromatic nitrogens is 3. The number of rotatable bonds is 6. The van der Waals surface area contributed by atoms with Crippen LogP contribution in [0.15, 0.2) is 72.8 Å². The molecule has 37 heavy (non-hydrogen) atoms. The number of nitrogens with zero attached hydrogens (tertiary/aromatic N) is 4. The molecule has 0 fully saturated rings. The van der Waals surface area contributed by atoms with E-state index in [0.717, 1.165) is 0 Å². The summed E-state index contributed by atoms with van der Waals surface area (Å²) in [6, 6.07) is 19.4. The third kappa shape index (κ3) is 4.29. The van der Waals surface area contributed by atoms with Crippen molar-refractivity contribution in [3.05, 3.63) is 94.0 Å². The van der Waals surface area contributed by atoms with Crippen molar-refractivity contribution in [2.45, 2.75) is 6.92 Å². The van der Waals surface area contributed by atoms with Crippen LogP contribution >= 0.6 is 0 Å². The predicted octanol–water partition coefficient (Wildman–Crippen LogP) is 4.49. The first kappa shape index (κ1) is 23.4. The number of nitrogens with one attached hydrogen (secondary N) is 1. The van der Waals surface area contributed by atoms with Crippen LogP contribution in [-0.4, -0.2) is 37.9 Å². The minimum Gasteiger partial charge on any atom is -0.462 e. The minimum absolute atomic E-state index is 0.101. The van der Waals surface area contributed by atoms with Crippen molar-refractivity contribution in [2.24, 2.45) is 0 Å². The summed E-state index contributed by atoms with van der Waals surface area (Å²) < 4.78 is 6.83. The highest BCUT2D eigenvalue weighted by Crippen LogP contribution is 2.32. The molecule has 0 spiro atoms. The SMILES string of the molecule is CCOC(=O)c1c(N)n(-c2ccc(NC(=O)c3ccc([N+](=O)[O-])cc3)cc2)c2nc3ccccc3nc12. The molecule has 0 radical (unpaired) electrons. The summed E-state index contributed by atoms with van der Waals surface area (Å²) in [5, 5.41) is 13.6. The molecular formula is C26H20N6O5. The molecular weight excluding hydrogens is 476 g/mol. The predicted molar refractivity (Wildman–Crippen MR) is 138 cm³/mol. The number of amides is 1. The van der Waals surface area contributed by atoms with Gasteiger partial charge in [-0.3, -0.25) is 19.5 Å². The maximum Gasteiger partial charge on any atom is 0.344 e. The van der Waals surface area contributed by atoms with Crippen LogP contribution in [0.1, 0.15) is 27.6 Å². The summed E-state index contributed by atoms with van der Waals surface area (Å²) in [5.41, 5.74) is 9.78. The monoisotopic (exact) mass is 496 g/mol. The standard InChI is InChI=1S/C26H20N6O5/c1-2-37-26(34)21-22-24(30-20-6-4-3-5-19(20)29-22)31(23(21)27)17-13-9-16(10-14-17)28-25(33)15-7-11-18(12-8-15)32(35)36/h3-14H,2,27H2,1H3,(H,28,33). The van der Waals surface area contributed by atoms with Gasteiger partial charge < -0.3 is 15.8 Å². The van der Waals surface area contributed by atoms with Crippen LogP contribution in [0.25, 0.3) is 27.9 Å². The van der Waals surface area contributed by atoms with Crippen LogP contribution in [0.3, 0.4) is 0 Å². The molecule has 0 atom stereocenters. The zero-order valence-corrected chi connectivity index (χ0v) is 19.5. The first-order valence-corrected chi connectivity index (χ1v) is 11.3. The second-order valence-corrected chi connectivity index (χ2v) is 8.01. The molecule has 0 aliphatic carbocycles. The van der Waals surface area contributed by atoms with E-state index in [9.17, 15) is 19.7 Å². The quantitative estimate of drug-likeness (QED) is 0.198. The van der Waals surface area contributed by atoms with Gasteiger partial charge in [0.15, 0.2) is 5.65 Å². The highest BCUT2D eigenvalue weighted by atomic mass is 16.6. The van der Waals surface area contributed by atoms with Crippen LogP contribution in [0.4, 0.5) is 17.2 Å². The summed E-state index contributed by atoms with van der Waals surface area (Å²) in [6.45, 7) is 1.88. The van der Waals surface area contributed by atoms with E-state index in [1.807, 2.05) is 18.2 Å². The number of carbonyl (C=O) groups excluding carboxylic acids is 2. The molecule has 2 heterocycles. The lowest BCUT2D eigenvalue weighted by Gasteiger charge is -2.10. The Bertz CT molecular complexity index is 1680. The lowest BCUT2D eigenvalue weighted by molar-refractivity contribution is -0.384. The number of benzene rings is 3. The van der Waals surface area contributed by atoms with E-state index >= 15 is 0 Å².